The lowest BCUT2D eigenvalue weighted by Gasteiger charge is -2.37. The molecule has 6 nitrogen and oxygen atoms in total. The summed E-state index contributed by atoms with van der Waals surface area (Å²) < 4.78 is 6.17. The lowest BCUT2D eigenvalue weighted by atomic mass is 9.82. The lowest BCUT2D eigenvalue weighted by molar-refractivity contribution is 0.0416. The Morgan fingerprint density at radius 2 is 2.07 bits per heavy atom. The maximum Gasteiger partial charge on any atom is 0.273 e. The summed E-state index contributed by atoms with van der Waals surface area (Å²) in [6.07, 6.45) is 9.14. The van der Waals surface area contributed by atoms with Gasteiger partial charge in [0.1, 0.15) is 11.4 Å². The first kappa shape index (κ1) is 20.1. The molecule has 1 saturated carbocycles. The van der Waals surface area contributed by atoms with Crippen molar-refractivity contribution in [1.82, 2.24) is 19.8 Å². The molecule has 1 aliphatic heterocycles. The monoisotopic (exact) mass is 414 g/mol. The van der Waals surface area contributed by atoms with Gasteiger partial charge >= 0.3 is 0 Å². The maximum atomic E-state index is 12.4. The summed E-state index contributed by atoms with van der Waals surface area (Å²) in [6, 6.07) is 6.06. The van der Waals surface area contributed by atoms with Crippen LogP contribution in [0.15, 0.2) is 36.8 Å². The molecule has 0 unspecified atom stereocenters. The van der Waals surface area contributed by atoms with Crippen molar-refractivity contribution in [1.29, 1.82) is 0 Å². The predicted molar refractivity (Wildman–Crippen MR) is 112 cm³/mol. The highest BCUT2D eigenvalue weighted by Gasteiger charge is 2.33. The van der Waals surface area contributed by atoms with E-state index in [2.05, 4.69) is 20.9 Å². The van der Waals surface area contributed by atoms with E-state index in [9.17, 15) is 4.79 Å². The Kier molecular flexibility index (Phi) is 6.31. The normalized spacial score (nSPS) is 21.6. The largest absolute Gasteiger partial charge is 0.489 e. The molecule has 2 heterocycles. The zero-order valence-corrected chi connectivity index (χ0v) is 17.5. The van der Waals surface area contributed by atoms with Gasteiger partial charge in [-0.25, -0.2) is 4.98 Å². The predicted octanol–water partition coefficient (Wildman–Crippen LogP) is 3.66. The van der Waals surface area contributed by atoms with Crippen molar-refractivity contribution < 1.29 is 9.53 Å². The van der Waals surface area contributed by atoms with E-state index in [1.807, 2.05) is 19.2 Å². The van der Waals surface area contributed by atoms with E-state index in [0.29, 0.717) is 18.2 Å². The topological polar surface area (TPSA) is 58.6 Å². The third-order valence-corrected chi connectivity index (χ3v) is 6.21. The summed E-state index contributed by atoms with van der Waals surface area (Å²) in [5.74, 6) is 1.10. The van der Waals surface area contributed by atoms with Gasteiger partial charge < -0.3 is 9.64 Å². The molecule has 2 aliphatic rings. The highest BCUT2D eigenvalue weighted by Crippen LogP contribution is 2.36. The lowest BCUT2D eigenvalue weighted by Crippen LogP contribution is -2.42. The molecule has 1 aromatic carbocycles. The van der Waals surface area contributed by atoms with Crippen molar-refractivity contribution in [2.75, 3.05) is 26.7 Å². The van der Waals surface area contributed by atoms with E-state index in [0.717, 1.165) is 48.8 Å². The minimum Gasteiger partial charge on any atom is -0.489 e. The van der Waals surface area contributed by atoms with E-state index < -0.39 is 0 Å². The van der Waals surface area contributed by atoms with Gasteiger partial charge in [0.2, 0.25) is 0 Å². The second-order valence-corrected chi connectivity index (χ2v) is 8.44. The Morgan fingerprint density at radius 1 is 1.28 bits per heavy atom. The Labute approximate surface area is 176 Å². The fraction of sp³-hybridized carbons (Fsp3) is 0.500. The van der Waals surface area contributed by atoms with Crippen LogP contribution in [0.4, 0.5) is 0 Å². The van der Waals surface area contributed by atoms with Crippen LogP contribution in [0.1, 0.15) is 41.7 Å². The molecule has 2 fully saturated rings. The number of halogens is 1. The molecular formula is C22H27ClN4O2. The SMILES string of the molecule is CN(CC1CC(Oc2cccc(CN3CCCC3)c2Cl)C1)C(=O)c1cnccn1. The van der Waals surface area contributed by atoms with Crippen molar-refractivity contribution in [2.24, 2.45) is 5.92 Å². The molecule has 1 aliphatic carbocycles. The second kappa shape index (κ2) is 9.09. The number of hydrogen-bond acceptors (Lipinski definition) is 5. The maximum absolute atomic E-state index is 12.4. The summed E-state index contributed by atoms with van der Waals surface area (Å²) in [6.45, 7) is 3.87. The fourth-order valence-electron chi connectivity index (χ4n) is 4.13. The molecule has 29 heavy (non-hydrogen) atoms. The number of carbonyl (C=O) groups is 1. The molecule has 0 bridgehead atoms. The zero-order chi connectivity index (χ0) is 20.2. The second-order valence-electron chi connectivity index (χ2n) is 8.07. The van der Waals surface area contributed by atoms with Gasteiger partial charge in [0.05, 0.1) is 17.3 Å². The van der Waals surface area contributed by atoms with Gasteiger partial charge in [-0.2, -0.15) is 0 Å². The van der Waals surface area contributed by atoms with E-state index >= 15 is 0 Å². The molecule has 0 atom stereocenters. The summed E-state index contributed by atoms with van der Waals surface area (Å²) >= 11 is 6.63. The van der Waals surface area contributed by atoms with Crippen LogP contribution in [0.3, 0.4) is 0 Å². The van der Waals surface area contributed by atoms with Crippen LogP contribution in [-0.4, -0.2) is 58.5 Å². The molecule has 2 aromatic rings. The van der Waals surface area contributed by atoms with Gasteiger partial charge in [0.15, 0.2) is 0 Å². The molecule has 1 saturated heterocycles. The highest BCUT2D eigenvalue weighted by atomic mass is 35.5. The summed E-state index contributed by atoms with van der Waals surface area (Å²) in [5, 5.41) is 0.734. The van der Waals surface area contributed by atoms with E-state index in [-0.39, 0.29) is 12.0 Å². The number of benzene rings is 1. The number of ether oxygens (including phenoxy) is 1. The van der Waals surface area contributed by atoms with Crippen molar-refractivity contribution in [2.45, 2.75) is 38.3 Å². The van der Waals surface area contributed by atoms with Crippen LogP contribution < -0.4 is 4.74 Å². The third kappa shape index (κ3) is 4.87. The molecular weight excluding hydrogens is 388 g/mol. The minimum absolute atomic E-state index is 0.0971. The third-order valence-electron chi connectivity index (χ3n) is 5.78. The standard InChI is InChI=1S/C22H27ClN4O2/c1-26(22(28)19-13-24-7-8-25-19)14-16-11-18(12-16)29-20-6-4-5-17(21(20)23)15-27-9-2-3-10-27/h4-8,13,16,18H,2-3,9-12,14-15H2,1H3. The molecule has 1 aromatic heterocycles. The van der Waals surface area contributed by atoms with Crippen molar-refractivity contribution in [3.63, 3.8) is 0 Å². The summed E-state index contributed by atoms with van der Waals surface area (Å²) in [4.78, 5) is 24.6. The minimum atomic E-state index is -0.0971. The van der Waals surface area contributed by atoms with Crippen LogP contribution in [0.2, 0.25) is 5.02 Å². The first-order chi connectivity index (χ1) is 14.1. The van der Waals surface area contributed by atoms with Crippen molar-refractivity contribution in [3.8, 4) is 5.75 Å². The van der Waals surface area contributed by atoms with Gasteiger partial charge in [0, 0.05) is 32.5 Å². The Hall–Kier alpha value is -2.18. The fourth-order valence-corrected chi connectivity index (χ4v) is 4.36. The van der Waals surface area contributed by atoms with Crippen LogP contribution in [0, 0.1) is 5.92 Å². The van der Waals surface area contributed by atoms with Gasteiger partial charge in [-0.15, -0.1) is 0 Å². The number of rotatable bonds is 7. The number of aromatic nitrogens is 2. The molecule has 4 rings (SSSR count). The molecule has 0 spiro atoms. The van der Waals surface area contributed by atoms with Gasteiger partial charge in [-0.05, 0) is 56.3 Å². The number of nitrogens with zero attached hydrogens (tertiary/aromatic N) is 4. The van der Waals surface area contributed by atoms with Crippen LogP contribution in [-0.2, 0) is 6.54 Å². The quantitative estimate of drug-likeness (QED) is 0.692. The van der Waals surface area contributed by atoms with Crippen molar-refractivity contribution >= 4 is 17.5 Å². The van der Waals surface area contributed by atoms with Gasteiger partial charge in [-0.1, -0.05) is 23.7 Å². The zero-order valence-electron chi connectivity index (χ0n) is 16.8. The molecule has 7 heteroatoms. The summed E-state index contributed by atoms with van der Waals surface area (Å²) in [5.41, 5.74) is 1.51. The van der Waals surface area contributed by atoms with E-state index in [1.54, 1.807) is 11.1 Å². The van der Waals surface area contributed by atoms with Crippen molar-refractivity contribution in [3.05, 3.63) is 53.1 Å². The Balaban J connectivity index is 1.27. The van der Waals surface area contributed by atoms with Gasteiger partial charge in [0.25, 0.3) is 5.91 Å². The van der Waals surface area contributed by atoms with E-state index in [1.165, 1.54) is 25.2 Å². The Bertz CT molecular complexity index is 836. The van der Waals surface area contributed by atoms with Crippen LogP contribution >= 0.6 is 11.6 Å². The number of amides is 1. The molecule has 1 amide bonds. The number of likely N-dealkylation sites (tertiary alicyclic amines) is 1. The molecule has 0 N–H and O–H groups in total. The average molecular weight is 415 g/mol. The number of hydrogen-bond donors (Lipinski definition) is 0. The van der Waals surface area contributed by atoms with E-state index in [4.69, 9.17) is 16.3 Å². The van der Waals surface area contributed by atoms with Gasteiger partial charge in [-0.3, -0.25) is 14.7 Å². The smallest absolute Gasteiger partial charge is 0.273 e. The first-order valence-electron chi connectivity index (χ1n) is 10.3. The van der Waals surface area contributed by atoms with Crippen LogP contribution in [0.25, 0.3) is 0 Å². The number of carbonyl (C=O) groups excluding carboxylic acids is 1. The first-order valence-corrected chi connectivity index (χ1v) is 10.7. The highest BCUT2D eigenvalue weighted by molar-refractivity contribution is 6.32. The van der Waals surface area contributed by atoms with Crippen LogP contribution in [0.5, 0.6) is 5.75 Å². The molecule has 154 valence electrons. The molecule has 0 radical (unpaired) electrons. The Morgan fingerprint density at radius 3 is 2.79 bits per heavy atom. The summed E-state index contributed by atoms with van der Waals surface area (Å²) in [7, 11) is 1.81. The average Bonchev–Trinajstić information content (AvgIpc) is 3.22.